The standard InChI is InChI=1S/C19H25N5O2/c1-24(2)18-6-3-13(9-21-18)8-20-10-15-11-22-23-19(15)14-4-5-16-17(7-14)26-12-25-16/h3-7,9,15,19-20,22-23H,8,10-12H2,1-2H3. The number of benzene rings is 1. The summed E-state index contributed by atoms with van der Waals surface area (Å²) in [5.74, 6) is 3.07. The molecule has 3 heterocycles. The highest BCUT2D eigenvalue weighted by molar-refractivity contribution is 5.45. The van der Waals surface area contributed by atoms with Crippen LogP contribution in [0.5, 0.6) is 11.5 Å². The summed E-state index contributed by atoms with van der Waals surface area (Å²) in [7, 11) is 3.99. The van der Waals surface area contributed by atoms with Crippen molar-refractivity contribution < 1.29 is 9.47 Å². The molecule has 0 aliphatic carbocycles. The third kappa shape index (κ3) is 3.60. The molecule has 1 aromatic heterocycles. The Labute approximate surface area is 153 Å². The maximum atomic E-state index is 5.50. The number of hydrogen-bond acceptors (Lipinski definition) is 7. The molecule has 4 rings (SSSR count). The van der Waals surface area contributed by atoms with Gasteiger partial charge in [-0.3, -0.25) is 5.43 Å². The fraction of sp³-hybridized carbons (Fsp3) is 0.421. The van der Waals surface area contributed by atoms with Crippen molar-refractivity contribution in [2.45, 2.75) is 12.6 Å². The monoisotopic (exact) mass is 355 g/mol. The average molecular weight is 355 g/mol. The number of aromatic nitrogens is 1. The highest BCUT2D eigenvalue weighted by atomic mass is 16.7. The van der Waals surface area contributed by atoms with Gasteiger partial charge >= 0.3 is 0 Å². The Hall–Kier alpha value is -2.35. The molecule has 0 spiro atoms. The van der Waals surface area contributed by atoms with Crippen LogP contribution >= 0.6 is 0 Å². The number of rotatable bonds is 6. The fourth-order valence-corrected chi connectivity index (χ4v) is 3.38. The zero-order chi connectivity index (χ0) is 17.9. The number of hydrogen-bond donors (Lipinski definition) is 3. The molecular weight excluding hydrogens is 330 g/mol. The van der Waals surface area contributed by atoms with Gasteiger partial charge < -0.3 is 19.7 Å². The van der Waals surface area contributed by atoms with E-state index in [0.29, 0.717) is 12.7 Å². The van der Waals surface area contributed by atoms with Crippen molar-refractivity contribution in [3.05, 3.63) is 47.7 Å². The van der Waals surface area contributed by atoms with Gasteiger partial charge in [0, 0.05) is 45.8 Å². The van der Waals surface area contributed by atoms with E-state index < -0.39 is 0 Å². The van der Waals surface area contributed by atoms with Crippen LogP contribution in [0, 0.1) is 5.92 Å². The van der Waals surface area contributed by atoms with Crippen LogP contribution in [0.2, 0.25) is 0 Å². The van der Waals surface area contributed by atoms with E-state index >= 15 is 0 Å². The molecule has 1 fully saturated rings. The van der Waals surface area contributed by atoms with Crippen LogP contribution in [0.3, 0.4) is 0 Å². The number of anilines is 1. The van der Waals surface area contributed by atoms with Crippen LogP contribution < -0.4 is 30.5 Å². The lowest BCUT2D eigenvalue weighted by molar-refractivity contribution is 0.174. The minimum Gasteiger partial charge on any atom is -0.454 e. The number of hydrazine groups is 1. The Kier molecular flexibility index (Phi) is 4.92. The highest BCUT2D eigenvalue weighted by Gasteiger charge is 2.29. The molecule has 3 N–H and O–H groups in total. The van der Waals surface area contributed by atoms with Gasteiger partial charge in [0.2, 0.25) is 6.79 Å². The Balaban J connectivity index is 1.34. The van der Waals surface area contributed by atoms with Gasteiger partial charge in [0.1, 0.15) is 5.82 Å². The second-order valence-corrected chi connectivity index (χ2v) is 6.93. The summed E-state index contributed by atoms with van der Waals surface area (Å²) in [4.78, 5) is 6.46. The second-order valence-electron chi connectivity index (χ2n) is 6.93. The van der Waals surface area contributed by atoms with Crippen LogP contribution in [0.1, 0.15) is 17.2 Å². The fourth-order valence-electron chi connectivity index (χ4n) is 3.38. The van der Waals surface area contributed by atoms with E-state index in [-0.39, 0.29) is 6.04 Å². The molecule has 0 amide bonds. The largest absolute Gasteiger partial charge is 0.454 e. The maximum Gasteiger partial charge on any atom is 0.231 e. The van der Waals surface area contributed by atoms with Crippen molar-refractivity contribution in [1.82, 2.24) is 21.2 Å². The van der Waals surface area contributed by atoms with E-state index in [1.165, 1.54) is 11.1 Å². The van der Waals surface area contributed by atoms with Gasteiger partial charge in [0.25, 0.3) is 0 Å². The molecule has 138 valence electrons. The number of nitrogens with one attached hydrogen (secondary N) is 3. The lowest BCUT2D eigenvalue weighted by Crippen LogP contribution is -2.28. The minimum absolute atomic E-state index is 0.242. The first-order valence-electron chi connectivity index (χ1n) is 8.91. The summed E-state index contributed by atoms with van der Waals surface area (Å²) < 4.78 is 10.9. The smallest absolute Gasteiger partial charge is 0.231 e. The number of ether oxygens (including phenoxy) is 2. The molecule has 0 radical (unpaired) electrons. The van der Waals surface area contributed by atoms with E-state index in [9.17, 15) is 0 Å². The third-order valence-corrected chi connectivity index (χ3v) is 4.85. The zero-order valence-corrected chi connectivity index (χ0v) is 15.2. The van der Waals surface area contributed by atoms with Crippen LogP contribution in [-0.2, 0) is 6.54 Å². The van der Waals surface area contributed by atoms with Crippen LogP contribution in [-0.4, -0.2) is 39.0 Å². The molecule has 2 unspecified atom stereocenters. The first-order valence-corrected chi connectivity index (χ1v) is 8.91. The van der Waals surface area contributed by atoms with Crippen LogP contribution in [0.4, 0.5) is 5.82 Å². The van der Waals surface area contributed by atoms with Gasteiger partial charge in [-0.05, 0) is 29.3 Å². The number of nitrogens with zero attached hydrogens (tertiary/aromatic N) is 2. The summed E-state index contributed by atoms with van der Waals surface area (Å²) in [6.45, 7) is 2.95. The van der Waals surface area contributed by atoms with Gasteiger partial charge in [0.15, 0.2) is 11.5 Å². The average Bonchev–Trinajstić information content (AvgIpc) is 3.30. The van der Waals surface area contributed by atoms with E-state index in [0.717, 1.165) is 37.0 Å². The molecule has 1 aromatic carbocycles. The number of pyridine rings is 1. The van der Waals surface area contributed by atoms with E-state index in [1.807, 2.05) is 37.3 Å². The first-order chi connectivity index (χ1) is 12.7. The SMILES string of the molecule is CN(C)c1ccc(CNCC2CNNC2c2ccc3c(c2)OCO3)cn1. The van der Waals surface area contributed by atoms with Crippen molar-refractivity contribution in [3.63, 3.8) is 0 Å². The molecule has 2 atom stereocenters. The van der Waals surface area contributed by atoms with Gasteiger partial charge in [-0.2, -0.15) is 0 Å². The van der Waals surface area contributed by atoms with Gasteiger partial charge in [-0.1, -0.05) is 12.1 Å². The van der Waals surface area contributed by atoms with Crippen molar-refractivity contribution in [1.29, 1.82) is 0 Å². The van der Waals surface area contributed by atoms with Crippen LogP contribution in [0.25, 0.3) is 0 Å². The molecule has 2 aliphatic heterocycles. The molecule has 7 nitrogen and oxygen atoms in total. The molecule has 0 saturated carbocycles. The summed E-state index contributed by atoms with van der Waals surface area (Å²) in [6, 6.07) is 10.6. The quantitative estimate of drug-likeness (QED) is 0.724. The minimum atomic E-state index is 0.242. The Morgan fingerprint density at radius 3 is 2.88 bits per heavy atom. The van der Waals surface area contributed by atoms with Gasteiger partial charge in [-0.15, -0.1) is 0 Å². The van der Waals surface area contributed by atoms with E-state index in [1.54, 1.807) is 0 Å². The van der Waals surface area contributed by atoms with E-state index in [2.05, 4.69) is 39.4 Å². The Morgan fingerprint density at radius 2 is 2.08 bits per heavy atom. The molecule has 0 bridgehead atoms. The lowest BCUT2D eigenvalue weighted by Gasteiger charge is -2.20. The molecule has 26 heavy (non-hydrogen) atoms. The van der Waals surface area contributed by atoms with Crippen molar-refractivity contribution in [2.24, 2.45) is 5.92 Å². The van der Waals surface area contributed by atoms with Gasteiger partial charge in [-0.25, -0.2) is 10.4 Å². The van der Waals surface area contributed by atoms with Gasteiger partial charge in [0.05, 0.1) is 6.04 Å². The normalized spacial score (nSPS) is 21.2. The maximum absolute atomic E-state index is 5.50. The van der Waals surface area contributed by atoms with Crippen LogP contribution in [0.15, 0.2) is 36.5 Å². The molecule has 1 saturated heterocycles. The molecule has 2 aliphatic rings. The Bertz CT molecular complexity index is 750. The predicted molar refractivity (Wildman–Crippen MR) is 100 cm³/mol. The van der Waals surface area contributed by atoms with Crippen molar-refractivity contribution in [3.8, 4) is 11.5 Å². The van der Waals surface area contributed by atoms with Crippen molar-refractivity contribution in [2.75, 3.05) is 38.9 Å². The first kappa shape index (κ1) is 17.1. The second kappa shape index (κ2) is 7.49. The van der Waals surface area contributed by atoms with E-state index in [4.69, 9.17) is 9.47 Å². The summed E-state index contributed by atoms with van der Waals surface area (Å²) >= 11 is 0. The topological polar surface area (TPSA) is 70.7 Å². The van der Waals surface area contributed by atoms with Crippen molar-refractivity contribution >= 4 is 5.82 Å². The summed E-state index contributed by atoms with van der Waals surface area (Å²) in [5, 5.41) is 3.55. The third-order valence-electron chi connectivity index (χ3n) is 4.85. The molecule has 2 aromatic rings. The summed E-state index contributed by atoms with van der Waals surface area (Å²) in [5.41, 5.74) is 9.06. The predicted octanol–water partition coefficient (Wildman–Crippen LogP) is 1.43. The lowest BCUT2D eigenvalue weighted by atomic mass is 9.94. The Morgan fingerprint density at radius 1 is 1.19 bits per heavy atom. The zero-order valence-electron chi connectivity index (χ0n) is 15.2. The highest BCUT2D eigenvalue weighted by Crippen LogP contribution is 2.36. The summed E-state index contributed by atoms with van der Waals surface area (Å²) in [6.07, 6.45) is 1.93. The number of fused-ring (bicyclic) bond motifs is 1. The molecule has 7 heteroatoms. The molecular formula is C19H25N5O2.